The van der Waals surface area contributed by atoms with Gasteiger partial charge in [-0.3, -0.25) is 4.57 Å². The van der Waals surface area contributed by atoms with Gasteiger partial charge >= 0.3 is 0 Å². The van der Waals surface area contributed by atoms with Crippen LogP contribution >= 0.6 is 0 Å². The SMILES string of the molecule is [2H]c1cc(Oc2ccc3c4c([2H])c([2H])c([2H])c([2H])c4n(-c4cc(C(C)(C)C)ccn4)c3c2)cc(N2CN(c3c(-c4ccccc4)c(C)c(C)c(C)c3-c3ccccc3)c3ccccc32)c1. The molecule has 0 fully saturated rings. The number of hydrogen-bond donors (Lipinski definition) is 0. The molecule has 0 radical (unpaired) electrons. The van der Waals surface area contributed by atoms with E-state index < -0.39 is 0 Å². The molecule has 0 amide bonds. The molecule has 3 heterocycles. The molecule has 0 saturated carbocycles. The standard InChI is InChI=1S/C55H48N4O/c1-36-37(2)52(39-18-9-7-10-19-39)54(53(38(36)3)40-20-11-8-12-21-40)58-35-57(48-26-15-16-27-49(48)58)42-22-17-23-43(33-42)60-44-28-29-46-45-24-13-14-25-47(45)59(50(46)34-44)51-32-41(30-31-56-51)55(4,5)6/h7-34H,35H2,1-6H3/i13D,14D,17D,24D,25D. The van der Waals surface area contributed by atoms with Gasteiger partial charge in [0.05, 0.1) is 34.9 Å². The molecule has 7 aromatic carbocycles. The number of rotatable bonds is 7. The molecule has 2 aromatic heterocycles. The maximum absolute atomic E-state index is 9.08. The molecule has 0 atom stereocenters. The van der Waals surface area contributed by atoms with Crippen molar-refractivity contribution in [1.29, 1.82) is 0 Å². The largest absolute Gasteiger partial charge is 0.457 e. The Hall–Kier alpha value is -7.11. The molecule has 10 rings (SSSR count). The van der Waals surface area contributed by atoms with Crippen molar-refractivity contribution in [3.8, 4) is 39.6 Å². The van der Waals surface area contributed by atoms with Crippen LogP contribution in [0, 0.1) is 20.8 Å². The Morgan fingerprint density at radius 1 is 0.583 bits per heavy atom. The smallest absolute Gasteiger partial charge is 0.137 e. The summed E-state index contributed by atoms with van der Waals surface area (Å²) in [5.74, 6) is 1.49. The Morgan fingerprint density at radius 2 is 1.22 bits per heavy atom. The van der Waals surface area contributed by atoms with E-state index in [4.69, 9.17) is 16.6 Å². The first-order chi connectivity index (χ1) is 31.2. The number of hydrogen-bond acceptors (Lipinski definition) is 4. The minimum atomic E-state index is -0.308. The average molecular weight is 786 g/mol. The highest BCUT2D eigenvalue weighted by molar-refractivity contribution is 6.09. The first-order valence-corrected chi connectivity index (χ1v) is 20.4. The summed E-state index contributed by atoms with van der Waals surface area (Å²) in [7, 11) is 0. The Bertz CT molecular complexity index is 3290. The molecule has 1 aliphatic heterocycles. The van der Waals surface area contributed by atoms with Gasteiger partial charge in [-0.15, -0.1) is 0 Å². The van der Waals surface area contributed by atoms with E-state index in [-0.39, 0.29) is 35.6 Å². The lowest BCUT2D eigenvalue weighted by atomic mass is 9.85. The van der Waals surface area contributed by atoms with Crippen LogP contribution in [0.4, 0.5) is 22.7 Å². The van der Waals surface area contributed by atoms with Gasteiger partial charge in [-0.2, -0.15) is 0 Å². The van der Waals surface area contributed by atoms with Crippen LogP contribution in [0.5, 0.6) is 11.5 Å². The zero-order valence-electron chi connectivity index (χ0n) is 39.7. The molecule has 0 N–H and O–H groups in total. The Kier molecular flexibility index (Phi) is 7.75. The van der Waals surface area contributed by atoms with Gasteiger partial charge in [0, 0.05) is 45.9 Å². The third kappa shape index (κ3) is 6.29. The van der Waals surface area contributed by atoms with Gasteiger partial charge in [0.15, 0.2) is 0 Å². The van der Waals surface area contributed by atoms with Crippen molar-refractivity contribution in [2.24, 2.45) is 0 Å². The lowest BCUT2D eigenvalue weighted by Gasteiger charge is -2.30. The normalized spacial score (nSPS) is 13.9. The van der Waals surface area contributed by atoms with E-state index in [9.17, 15) is 0 Å². The molecule has 5 nitrogen and oxygen atoms in total. The van der Waals surface area contributed by atoms with E-state index >= 15 is 0 Å². The molecule has 0 saturated heterocycles. The number of aromatic nitrogens is 2. The number of pyridine rings is 1. The topological polar surface area (TPSA) is 33.5 Å². The molecule has 1 aliphatic rings. The Balaban J connectivity index is 1.10. The number of fused-ring (bicyclic) bond motifs is 4. The van der Waals surface area contributed by atoms with E-state index in [1.807, 2.05) is 47.0 Å². The summed E-state index contributed by atoms with van der Waals surface area (Å²) < 4.78 is 52.7. The number of nitrogens with zero attached hydrogens (tertiary/aromatic N) is 4. The van der Waals surface area contributed by atoms with Crippen molar-refractivity contribution in [2.75, 3.05) is 16.5 Å². The van der Waals surface area contributed by atoms with E-state index in [0.717, 1.165) is 39.4 Å². The van der Waals surface area contributed by atoms with Crippen molar-refractivity contribution in [2.45, 2.75) is 47.0 Å². The van der Waals surface area contributed by atoms with Gasteiger partial charge in [0.2, 0.25) is 0 Å². The summed E-state index contributed by atoms with van der Waals surface area (Å²) in [5.41, 5.74) is 14.2. The van der Waals surface area contributed by atoms with Gasteiger partial charge in [0.1, 0.15) is 24.0 Å². The van der Waals surface area contributed by atoms with Crippen molar-refractivity contribution in [3.63, 3.8) is 0 Å². The van der Waals surface area contributed by atoms with Crippen LogP contribution in [-0.4, -0.2) is 16.2 Å². The van der Waals surface area contributed by atoms with Crippen LogP contribution in [0.2, 0.25) is 0 Å². The molecule has 294 valence electrons. The summed E-state index contributed by atoms with van der Waals surface area (Å²) in [6.45, 7) is 13.5. The molecular weight excluding hydrogens is 733 g/mol. The van der Waals surface area contributed by atoms with Crippen LogP contribution in [0.3, 0.4) is 0 Å². The van der Waals surface area contributed by atoms with Crippen LogP contribution in [0.1, 0.15) is 49.9 Å². The summed E-state index contributed by atoms with van der Waals surface area (Å²) in [4.78, 5) is 9.40. The number of ether oxygens (including phenoxy) is 1. The molecule has 0 unspecified atom stereocenters. The van der Waals surface area contributed by atoms with Crippen molar-refractivity contribution >= 4 is 44.6 Å². The second-order valence-corrected chi connectivity index (χ2v) is 16.6. The average Bonchev–Trinajstić information content (AvgIpc) is 3.86. The van der Waals surface area contributed by atoms with Gasteiger partial charge in [0.25, 0.3) is 0 Å². The van der Waals surface area contributed by atoms with E-state index in [0.29, 0.717) is 45.8 Å². The molecule has 60 heavy (non-hydrogen) atoms. The number of benzene rings is 7. The number of para-hydroxylation sites is 3. The minimum Gasteiger partial charge on any atom is -0.457 e. The van der Waals surface area contributed by atoms with Crippen LogP contribution in [-0.2, 0) is 5.41 Å². The third-order valence-electron chi connectivity index (χ3n) is 12.0. The number of anilines is 4. The fraction of sp³-hybridized carbons (Fsp3) is 0.145. The molecule has 9 aromatic rings. The second-order valence-electron chi connectivity index (χ2n) is 16.6. The van der Waals surface area contributed by atoms with E-state index in [1.54, 1.807) is 12.3 Å². The van der Waals surface area contributed by atoms with Crippen LogP contribution < -0.4 is 14.5 Å². The van der Waals surface area contributed by atoms with E-state index in [2.05, 4.69) is 136 Å². The van der Waals surface area contributed by atoms with Crippen molar-refractivity contribution in [1.82, 2.24) is 9.55 Å². The zero-order chi connectivity index (χ0) is 45.5. The molecular formula is C55H48N4O. The summed E-state index contributed by atoms with van der Waals surface area (Å²) in [6.07, 6.45) is 1.74. The quantitative estimate of drug-likeness (QED) is 0.161. The monoisotopic (exact) mass is 785 g/mol. The predicted molar refractivity (Wildman–Crippen MR) is 251 cm³/mol. The molecule has 0 aliphatic carbocycles. The summed E-state index contributed by atoms with van der Waals surface area (Å²) >= 11 is 0. The lowest BCUT2D eigenvalue weighted by Crippen LogP contribution is -2.25. The first kappa shape index (κ1) is 31.8. The second kappa shape index (κ2) is 14.6. The van der Waals surface area contributed by atoms with Gasteiger partial charge in [-0.1, -0.05) is 118 Å². The van der Waals surface area contributed by atoms with Gasteiger partial charge < -0.3 is 14.5 Å². The predicted octanol–water partition coefficient (Wildman–Crippen LogP) is 14.8. The lowest BCUT2D eigenvalue weighted by molar-refractivity contribution is 0.483. The van der Waals surface area contributed by atoms with Gasteiger partial charge in [-0.05, 0) is 114 Å². The fourth-order valence-corrected chi connectivity index (χ4v) is 8.74. The van der Waals surface area contributed by atoms with Crippen molar-refractivity contribution in [3.05, 3.63) is 192 Å². The highest BCUT2D eigenvalue weighted by Crippen LogP contribution is 2.53. The Labute approximate surface area is 359 Å². The third-order valence-corrected chi connectivity index (χ3v) is 12.0. The molecule has 5 heteroatoms. The first-order valence-electron chi connectivity index (χ1n) is 22.9. The summed E-state index contributed by atoms with van der Waals surface area (Å²) in [5, 5.41) is 1.07. The highest BCUT2D eigenvalue weighted by Gasteiger charge is 2.33. The molecule has 0 bridgehead atoms. The fourth-order valence-electron chi connectivity index (χ4n) is 8.74. The Morgan fingerprint density at radius 3 is 1.90 bits per heavy atom. The highest BCUT2D eigenvalue weighted by atomic mass is 16.5. The maximum atomic E-state index is 9.08. The van der Waals surface area contributed by atoms with Crippen molar-refractivity contribution < 1.29 is 11.6 Å². The maximum Gasteiger partial charge on any atom is 0.137 e. The van der Waals surface area contributed by atoms with Crippen LogP contribution in [0.15, 0.2) is 170 Å². The van der Waals surface area contributed by atoms with Gasteiger partial charge in [-0.25, -0.2) is 4.98 Å². The molecule has 0 spiro atoms. The van der Waals surface area contributed by atoms with E-state index in [1.165, 1.54) is 27.8 Å². The minimum absolute atomic E-state index is 0.111. The zero-order valence-corrected chi connectivity index (χ0v) is 34.7. The summed E-state index contributed by atoms with van der Waals surface area (Å²) in [6, 6.07) is 44.1. The van der Waals surface area contributed by atoms with Crippen LogP contribution in [0.25, 0.3) is 49.9 Å².